The Balaban J connectivity index is 2.66. The van der Waals surface area contributed by atoms with Crippen molar-refractivity contribution in [1.29, 1.82) is 0 Å². The molecule has 1 aromatic rings. The average molecular weight is 264 g/mol. The highest BCUT2D eigenvalue weighted by Gasteiger charge is 2.20. The Bertz CT molecular complexity index is 393. The fraction of sp³-hybridized carbons (Fsp3) is 0.562. The lowest BCUT2D eigenvalue weighted by molar-refractivity contribution is 0.121. The molecule has 0 N–H and O–H groups in total. The van der Waals surface area contributed by atoms with Crippen LogP contribution in [0.2, 0.25) is 0 Å². The number of benzene rings is 1. The Morgan fingerprint density at radius 1 is 1.16 bits per heavy atom. The van der Waals surface area contributed by atoms with Gasteiger partial charge in [0.25, 0.3) is 0 Å². The van der Waals surface area contributed by atoms with E-state index in [1.165, 1.54) is 31.9 Å². The first-order chi connectivity index (χ1) is 8.99. The van der Waals surface area contributed by atoms with E-state index in [0.29, 0.717) is 5.75 Å². The third kappa shape index (κ3) is 4.93. The Hall–Kier alpha value is -1.51. The molecule has 3 nitrogen and oxygen atoms in total. The molecule has 0 aliphatic heterocycles. The summed E-state index contributed by atoms with van der Waals surface area (Å²) in [6.07, 6.45) is 4.23. The molecule has 0 heterocycles. The minimum absolute atomic E-state index is 0.152. The number of carbonyl (C=O) groups excluding carboxylic acids is 1. The Labute approximate surface area is 115 Å². The zero-order chi connectivity index (χ0) is 14.3. The molecule has 0 atom stereocenters. The summed E-state index contributed by atoms with van der Waals surface area (Å²) in [5.41, 5.74) is 1.42. The molecule has 0 fully saturated rings. The summed E-state index contributed by atoms with van der Waals surface area (Å²) in [6.45, 7) is 6.71. The number of hydrogen-bond donors (Lipinski definition) is 0. The number of hydrogen-bond acceptors (Lipinski definition) is 3. The smallest absolute Gasteiger partial charge is 0.437 e. The second-order valence-corrected chi connectivity index (χ2v) is 5.42. The van der Waals surface area contributed by atoms with Gasteiger partial charge in [0.2, 0.25) is 0 Å². The molecular formula is C16H24O3. The molecule has 0 aliphatic carbocycles. The van der Waals surface area contributed by atoms with Gasteiger partial charge >= 0.3 is 6.16 Å². The van der Waals surface area contributed by atoms with Crippen LogP contribution in [0.15, 0.2) is 24.3 Å². The molecule has 0 aromatic heterocycles. The topological polar surface area (TPSA) is 35.5 Å². The van der Waals surface area contributed by atoms with Crippen LogP contribution in [0.4, 0.5) is 4.79 Å². The average Bonchev–Trinajstić information content (AvgIpc) is 2.39. The summed E-state index contributed by atoms with van der Waals surface area (Å²) in [5, 5.41) is 0. The lowest BCUT2D eigenvalue weighted by Crippen LogP contribution is -2.17. The van der Waals surface area contributed by atoms with Crippen molar-refractivity contribution in [3.05, 3.63) is 29.8 Å². The van der Waals surface area contributed by atoms with Gasteiger partial charge < -0.3 is 9.47 Å². The summed E-state index contributed by atoms with van der Waals surface area (Å²) in [6, 6.07) is 7.66. The molecule has 0 saturated heterocycles. The maximum absolute atomic E-state index is 11.0. The second kappa shape index (κ2) is 7.17. The van der Waals surface area contributed by atoms with Gasteiger partial charge in [-0.3, -0.25) is 0 Å². The van der Waals surface area contributed by atoms with E-state index in [2.05, 4.69) is 25.5 Å². The monoisotopic (exact) mass is 264 g/mol. The molecule has 19 heavy (non-hydrogen) atoms. The number of ether oxygens (including phenoxy) is 2. The van der Waals surface area contributed by atoms with E-state index in [1.54, 1.807) is 0 Å². The fourth-order valence-electron chi connectivity index (χ4n) is 2.07. The molecular weight excluding hydrogens is 240 g/mol. The predicted octanol–water partition coefficient (Wildman–Crippen LogP) is 4.69. The van der Waals surface area contributed by atoms with E-state index >= 15 is 0 Å². The van der Waals surface area contributed by atoms with Gasteiger partial charge in [-0.15, -0.1) is 0 Å². The first-order valence-corrected chi connectivity index (χ1v) is 6.86. The van der Waals surface area contributed by atoms with Gasteiger partial charge in [-0.1, -0.05) is 52.2 Å². The first kappa shape index (κ1) is 15.5. The molecule has 0 radical (unpaired) electrons. The van der Waals surface area contributed by atoms with Crippen LogP contribution < -0.4 is 4.74 Å². The summed E-state index contributed by atoms with van der Waals surface area (Å²) in [7, 11) is 1.30. The van der Waals surface area contributed by atoms with E-state index in [4.69, 9.17) is 4.74 Å². The number of unbranched alkanes of at least 4 members (excludes halogenated alkanes) is 2. The lowest BCUT2D eigenvalue weighted by atomic mass is 9.80. The summed E-state index contributed by atoms with van der Waals surface area (Å²) in [4.78, 5) is 11.0. The lowest BCUT2D eigenvalue weighted by Gasteiger charge is -2.25. The number of rotatable bonds is 6. The van der Waals surface area contributed by atoms with Gasteiger partial charge in [0, 0.05) is 0 Å². The van der Waals surface area contributed by atoms with Crippen LogP contribution in [0.5, 0.6) is 5.75 Å². The molecule has 106 valence electrons. The van der Waals surface area contributed by atoms with Crippen LogP contribution >= 0.6 is 0 Å². The van der Waals surface area contributed by atoms with Gasteiger partial charge in [-0.2, -0.15) is 0 Å². The minimum Gasteiger partial charge on any atom is -0.437 e. The number of methoxy groups -OCH3 is 1. The van der Waals surface area contributed by atoms with E-state index in [1.807, 2.05) is 24.3 Å². The zero-order valence-electron chi connectivity index (χ0n) is 12.4. The van der Waals surface area contributed by atoms with Crippen molar-refractivity contribution >= 4 is 6.16 Å². The molecule has 0 bridgehead atoms. The highest BCUT2D eigenvalue weighted by Crippen LogP contribution is 2.30. The van der Waals surface area contributed by atoms with Crippen molar-refractivity contribution in [3.8, 4) is 5.75 Å². The van der Waals surface area contributed by atoms with Crippen LogP contribution in [0.3, 0.4) is 0 Å². The minimum atomic E-state index is -0.685. The summed E-state index contributed by atoms with van der Waals surface area (Å²) >= 11 is 0. The Kier molecular flexibility index (Phi) is 5.87. The fourth-order valence-corrected chi connectivity index (χ4v) is 2.07. The van der Waals surface area contributed by atoms with Gasteiger partial charge in [-0.25, -0.2) is 4.79 Å². The van der Waals surface area contributed by atoms with Crippen LogP contribution in [-0.4, -0.2) is 13.3 Å². The molecule has 1 aromatic carbocycles. The number of carbonyl (C=O) groups is 1. The highest BCUT2D eigenvalue weighted by atomic mass is 16.7. The largest absolute Gasteiger partial charge is 0.513 e. The molecule has 0 amide bonds. The summed E-state index contributed by atoms with van der Waals surface area (Å²) < 4.78 is 9.42. The zero-order valence-corrected chi connectivity index (χ0v) is 12.4. The van der Waals surface area contributed by atoms with Crippen molar-refractivity contribution in [3.63, 3.8) is 0 Å². The van der Waals surface area contributed by atoms with Crippen molar-refractivity contribution in [2.45, 2.75) is 51.9 Å². The van der Waals surface area contributed by atoms with Crippen LogP contribution in [0, 0.1) is 0 Å². The van der Waals surface area contributed by atoms with Gasteiger partial charge in [-0.05, 0) is 29.5 Å². The van der Waals surface area contributed by atoms with E-state index in [0.717, 1.165) is 6.42 Å². The first-order valence-electron chi connectivity index (χ1n) is 6.86. The SMILES string of the molecule is CCCCCC(C)(C)c1ccc(OC(=O)OC)cc1. The van der Waals surface area contributed by atoms with Crippen molar-refractivity contribution < 1.29 is 14.3 Å². The van der Waals surface area contributed by atoms with Gasteiger partial charge in [0.05, 0.1) is 7.11 Å². The standard InChI is InChI=1S/C16H24O3/c1-5-6-7-12-16(2,3)13-8-10-14(11-9-13)19-15(17)18-4/h8-11H,5-7,12H2,1-4H3. The highest BCUT2D eigenvalue weighted by molar-refractivity contribution is 5.63. The van der Waals surface area contributed by atoms with Crippen molar-refractivity contribution in [1.82, 2.24) is 0 Å². The Morgan fingerprint density at radius 3 is 2.32 bits per heavy atom. The van der Waals surface area contributed by atoms with E-state index in [-0.39, 0.29) is 5.41 Å². The van der Waals surface area contributed by atoms with Gasteiger partial charge in [0.15, 0.2) is 0 Å². The molecule has 0 aliphatic rings. The molecule has 3 heteroatoms. The molecule has 0 saturated carbocycles. The second-order valence-electron chi connectivity index (χ2n) is 5.42. The normalized spacial score (nSPS) is 11.2. The van der Waals surface area contributed by atoms with Crippen LogP contribution in [0.1, 0.15) is 52.0 Å². The maximum Gasteiger partial charge on any atom is 0.513 e. The molecule has 0 spiro atoms. The third-order valence-corrected chi connectivity index (χ3v) is 3.41. The third-order valence-electron chi connectivity index (χ3n) is 3.41. The van der Waals surface area contributed by atoms with E-state index < -0.39 is 6.16 Å². The Morgan fingerprint density at radius 2 is 1.79 bits per heavy atom. The van der Waals surface area contributed by atoms with Crippen molar-refractivity contribution in [2.75, 3.05) is 7.11 Å². The molecule has 0 unspecified atom stereocenters. The van der Waals surface area contributed by atoms with Gasteiger partial charge in [0.1, 0.15) is 5.75 Å². The quantitative estimate of drug-likeness (QED) is 0.425. The summed E-state index contributed by atoms with van der Waals surface area (Å²) in [5.74, 6) is 0.514. The van der Waals surface area contributed by atoms with Crippen LogP contribution in [-0.2, 0) is 10.2 Å². The van der Waals surface area contributed by atoms with E-state index in [9.17, 15) is 4.79 Å². The maximum atomic E-state index is 11.0. The van der Waals surface area contributed by atoms with Crippen LogP contribution in [0.25, 0.3) is 0 Å². The predicted molar refractivity (Wildman–Crippen MR) is 76.6 cm³/mol. The molecule has 1 rings (SSSR count). The van der Waals surface area contributed by atoms with Crippen molar-refractivity contribution in [2.24, 2.45) is 0 Å².